The molecular formula is C23H26BrNO4. The molecule has 2 unspecified atom stereocenters. The molecule has 29 heavy (non-hydrogen) atoms. The van der Waals surface area contributed by atoms with E-state index < -0.39 is 6.10 Å². The van der Waals surface area contributed by atoms with Gasteiger partial charge in [0.25, 0.3) is 0 Å². The molecule has 2 aliphatic rings. The highest BCUT2D eigenvalue weighted by Gasteiger charge is 2.35. The highest BCUT2D eigenvalue weighted by Crippen LogP contribution is 2.48. The van der Waals surface area contributed by atoms with E-state index in [0.717, 1.165) is 39.9 Å². The number of piperidine rings is 1. The van der Waals surface area contributed by atoms with Crippen LogP contribution in [0.1, 0.15) is 36.0 Å². The molecule has 0 aromatic heterocycles. The maximum atomic E-state index is 10.8. The molecule has 5 nitrogen and oxygen atoms in total. The number of aromatic hydroxyl groups is 1. The first kappa shape index (κ1) is 20.3. The Morgan fingerprint density at radius 3 is 2.86 bits per heavy atom. The first-order valence-corrected chi connectivity index (χ1v) is 10.7. The molecule has 6 heteroatoms. The summed E-state index contributed by atoms with van der Waals surface area (Å²) in [6.07, 6.45) is 2.83. The quantitative estimate of drug-likeness (QED) is 0.711. The molecule has 1 saturated heterocycles. The lowest BCUT2D eigenvalue weighted by Gasteiger charge is -2.36. The van der Waals surface area contributed by atoms with E-state index in [-0.39, 0.29) is 11.7 Å². The third kappa shape index (κ3) is 4.15. The van der Waals surface area contributed by atoms with Crippen molar-refractivity contribution in [2.24, 2.45) is 0 Å². The first-order valence-electron chi connectivity index (χ1n) is 9.90. The van der Waals surface area contributed by atoms with E-state index in [4.69, 9.17) is 9.47 Å². The minimum Gasteiger partial charge on any atom is -0.507 e. The topological polar surface area (TPSA) is 62.2 Å². The van der Waals surface area contributed by atoms with Gasteiger partial charge in [-0.15, -0.1) is 0 Å². The van der Waals surface area contributed by atoms with Crippen molar-refractivity contribution in [3.8, 4) is 17.2 Å². The number of fused-ring (bicyclic) bond motifs is 1. The molecule has 2 heterocycles. The Labute approximate surface area is 179 Å². The molecule has 2 atom stereocenters. The number of rotatable bonds is 4. The summed E-state index contributed by atoms with van der Waals surface area (Å²) in [7, 11) is 2.01. The highest BCUT2D eigenvalue weighted by atomic mass is 79.9. The van der Waals surface area contributed by atoms with Crippen LogP contribution in [0.2, 0.25) is 0 Å². The summed E-state index contributed by atoms with van der Waals surface area (Å²) in [5, 5.41) is 21.5. The average molecular weight is 460 g/mol. The molecule has 2 aromatic carbocycles. The van der Waals surface area contributed by atoms with Crippen LogP contribution >= 0.6 is 15.9 Å². The minimum atomic E-state index is -0.525. The maximum Gasteiger partial charge on any atom is 0.141 e. The number of likely N-dealkylation sites (N-methyl/N-ethyl adjacent to an activating group) is 1. The molecule has 1 fully saturated rings. The standard InChI is InChI=1S/C23H26BrNO4/c1-14-7-8-17-19(26)11-21(28-13-15-5-3-4-6-18(15)24)22(23(17)29-14)16-9-10-25(2)12-20(16)27/h3-7,11,16,20,26-27H,8-10,12-13H2,1-2H3. The first-order chi connectivity index (χ1) is 13.9. The predicted molar refractivity (Wildman–Crippen MR) is 116 cm³/mol. The number of allylic oxidation sites excluding steroid dienone is 2. The Morgan fingerprint density at radius 2 is 2.10 bits per heavy atom. The van der Waals surface area contributed by atoms with Crippen molar-refractivity contribution >= 4 is 15.9 Å². The van der Waals surface area contributed by atoms with Gasteiger partial charge < -0.3 is 24.6 Å². The van der Waals surface area contributed by atoms with E-state index in [0.29, 0.717) is 31.1 Å². The van der Waals surface area contributed by atoms with Crippen LogP contribution in [-0.4, -0.2) is 41.4 Å². The molecule has 0 spiro atoms. The molecule has 0 amide bonds. The van der Waals surface area contributed by atoms with Gasteiger partial charge in [0.2, 0.25) is 0 Å². The van der Waals surface area contributed by atoms with Crippen LogP contribution < -0.4 is 9.47 Å². The zero-order chi connectivity index (χ0) is 20.5. The van der Waals surface area contributed by atoms with E-state index in [1.54, 1.807) is 6.07 Å². The number of phenols is 1. The lowest BCUT2D eigenvalue weighted by atomic mass is 9.84. The molecule has 0 aliphatic carbocycles. The molecule has 2 aromatic rings. The third-order valence-corrected chi connectivity index (χ3v) is 6.49. The summed E-state index contributed by atoms with van der Waals surface area (Å²) >= 11 is 3.56. The largest absolute Gasteiger partial charge is 0.507 e. The molecule has 154 valence electrons. The predicted octanol–water partition coefficient (Wildman–Crippen LogP) is 4.35. The number of likely N-dealkylation sites (tertiary alicyclic amines) is 1. The Bertz CT molecular complexity index is 943. The van der Waals surface area contributed by atoms with Gasteiger partial charge in [-0.3, -0.25) is 0 Å². The second kappa shape index (κ2) is 8.38. The van der Waals surface area contributed by atoms with E-state index in [9.17, 15) is 10.2 Å². The lowest BCUT2D eigenvalue weighted by Crippen LogP contribution is -2.40. The van der Waals surface area contributed by atoms with Crippen molar-refractivity contribution < 1.29 is 19.7 Å². The van der Waals surface area contributed by atoms with Gasteiger partial charge in [0, 0.05) is 46.1 Å². The fourth-order valence-electron chi connectivity index (χ4n) is 4.11. The average Bonchev–Trinajstić information content (AvgIpc) is 2.68. The smallest absolute Gasteiger partial charge is 0.141 e. The number of nitrogens with zero attached hydrogens (tertiary/aromatic N) is 1. The second-order valence-corrected chi connectivity index (χ2v) is 8.70. The molecule has 2 aliphatic heterocycles. The number of ether oxygens (including phenoxy) is 2. The van der Waals surface area contributed by atoms with E-state index in [2.05, 4.69) is 20.8 Å². The van der Waals surface area contributed by atoms with E-state index in [1.807, 2.05) is 44.3 Å². The highest BCUT2D eigenvalue weighted by molar-refractivity contribution is 9.10. The van der Waals surface area contributed by atoms with Crippen LogP contribution in [0.25, 0.3) is 0 Å². The van der Waals surface area contributed by atoms with Gasteiger partial charge in [-0.05, 0) is 39.1 Å². The number of halogens is 1. The molecular weight excluding hydrogens is 434 g/mol. The van der Waals surface area contributed by atoms with E-state index >= 15 is 0 Å². The SMILES string of the molecule is CC1=CCc2c(O)cc(OCc3ccccc3Br)c(C3CCN(C)CC3O)c2O1. The normalized spacial score (nSPS) is 21.9. The Kier molecular flexibility index (Phi) is 5.86. The Hall–Kier alpha value is -2.02. The van der Waals surface area contributed by atoms with Crippen molar-refractivity contribution in [3.63, 3.8) is 0 Å². The van der Waals surface area contributed by atoms with Gasteiger partial charge in [0.15, 0.2) is 0 Å². The Morgan fingerprint density at radius 1 is 1.31 bits per heavy atom. The number of phenolic OH excluding ortho intramolecular Hbond substituents is 1. The fourth-order valence-corrected chi connectivity index (χ4v) is 4.51. The van der Waals surface area contributed by atoms with Gasteiger partial charge >= 0.3 is 0 Å². The molecule has 4 rings (SSSR count). The summed E-state index contributed by atoms with van der Waals surface area (Å²) in [5.74, 6) is 2.06. The summed E-state index contributed by atoms with van der Waals surface area (Å²) < 4.78 is 13.2. The van der Waals surface area contributed by atoms with Crippen molar-refractivity contribution in [1.29, 1.82) is 0 Å². The lowest BCUT2D eigenvalue weighted by molar-refractivity contribution is 0.0615. The maximum absolute atomic E-state index is 10.8. The number of hydrogen-bond donors (Lipinski definition) is 2. The van der Waals surface area contributed by atoms with Gasteiger partial charge in [-0.1, -0.05) is 34.1 Å². The molecule has 0 bridgehead atoms. The zero-order valence-corrected chi connectivity index (χ0v) is 18.3. The number of β-amino-alcohol motifs (C(OH)–C–C–N with tert-alkyl or cyclic N) is 1. The van der Waals surface area contributed by atoms with E-state index in [1.165, 1.54) is 0 Å². The van der Waals surface area contributed by atoms with Crippen LogP contribution in [-0.2, 0) is 13.0 Å². The third-order valence-electron chi connectivity index (χ3n) is 5.71. The van der Waals surface area contributed by atoms with Crippen molar-refractivity contribution in [1.82, 2.24) is 4.90 Å². The van der Waals surface area contributed by atoms with Crippen LogP contribution in [0.5, 0.6) is 17.2 Å². The molecule has 0 radical (unpaired) electrons. The molecule has 0 saturated carbocycles. The van der Waals surface area contributed by atoms with Gasteiger partial charge in [0.1, 0.15) is 23.9 Å². The van der Waals surface area contributed by atoms with Gasteiger partial charge in [-0.25, -0.2) is 0 Å². The van der Waals surface area contributed by atoms with Crippen molar-refractivity contribution in [3.05, 3.63) is 63.3 Å². The number of hydrogen-bond acceptors (Lipinski definition) is 5. The summed E-state index contributed by atoms with van der Waals surface area (Å²) in [5.41, 5.74) is 2.62. The second-order valence-electron chi connectivity index (χ2n) is 7.84. The summed E-state index contributed by atoms with van der Waals surface area (Å²) in [4.78, 5) is 2.13. The summed E-state index contributed by atoms with van der Waals surface area (Å²) in [6.45, 7) is 3.74. The number of benzene rings is 2. The van der Waals surface area contributed by atoms with Crippen molar-refractivity contribution in [2.75, 3.05) is 20.1 Å². The van der Waals surface area contributed by atoms with Gasteiger partial charge in [0.05, 0.1) is 11.9 Å². The monoisotopic (exact) mass is 459 g/mol. The van der Waals surface area contributed by atoms with Gasteiger partial charge in [-0.2, -0.15) is 0 Å². The number of aliphatic hydroxyl groups excluding tert-OH is 1. The van der Waals surface area contributed by atoms with Crippen LogP contribution in [0, 0.1) is 0 Å². The summed E-state index contributed by atoms with van der Waals surface area (Å²) in [6, 6.07) is 9.57. The molecule has 2 N–H and O–H groups in total. The van der Waals surface area contributed by atoms with Crippen LogP contribution in [0.15, 0.2) is 46.6 Å². The van der Waals surface area contributed by atoms with Crippen LogP contribution in [0.3, 0.4) is 0 Å². The zero-order valence-electron chi connectivity index (χ0n) is 16.7. The van der Waals surface area contributed by atoms with Crippen molar-refractivity contribution in [2.45, 2.75) is 38.4 Å². The number of aliphatic hydroxyl groups is 1. The Balaban J connectivity index is 1.75. The fraction of sp³-hybridized carbons (Fsp3) is 0.391. The van der Waals surface area contributed by atoms with Crippen LogP contribution in [0.4, 0.5) is 0 Å². The minimum absolute atomic E-state index is 0.110.